The van der Waals surface area contributed by atoms with Crippen LogP contribution in [0.4, 0.5) is 0 Å². The molecular formula is C25H55NO6P+. The maximum absolute atomic E-state index is 12.0. The second-order valence-corrected chi connectivity index (χ2v) is 11.6. The van der Waals surface area contributed by atoms with Crippen molar-refractivity contribution in [3.8, 4) is 0 Å². The van der Waals surface area contributed by atoms with Crippen molar-refractivity contribution in [2.45, 2.75) is 103 Å². The van der Waals surface area contributed by atoms with E-state index in [0.717, 1.165) is 12.8 Å². The van der Waals surface area contributed by atoms with E-state index in [2.05, 4.69) is 6.92 Å². The molecule has 0 aromatic carbocycles. The van der Waals surface area contributed by atoms with Gasteiger partial charge >= 0.3 is 7.82 Å². The minimum absolute atomic E-state index is 0.0232. The van der Waals surface area contributed by atoms with E-state index in [9.17, 15) is 9.46 Å². The maximum atomic E-state index is 12.0. The molecule has 7 nitrogen and oxygen atoms in total. The van der Waals surface area contributed by atoms with Crippen LogP contribution in [0.1, 0.15) is 96.8 Å². The minimum Gasteiger partial charge on any atom is -0.382 e. The number of rotatable bonds is 25. The summed E-state index contributed by atoms with van der Waals surface area (Å²) in [4.78, 5) is 9.84. The van der Waals surface area contributed by atoms with Crippen molar-refractivity contribution in [2.24, 2.45) is 0 Å². The Morgan fingerprint density at radius 1 is 0.727 bits per heavy atom. The van der Waals surface area contributed by atoms with E-state index in [-0.39, 0.29) is 19.3 Å². The van der Waals surface area contributed by atoms with E-state index in [0.29, 0.717) is 24.2 Å². The molecule has 0 amide bonds. The zero-order valence-electron chi connectivity index (χ0n) is 22.4. The summed E-state index contributed by atoms with van der Waals surface area (Å²) in [7, 11) is 3.48. The molecule has 200 valence electrons. The van der Waals surface area contributed by atoms with Crippen molar-refractivity contribution in [1.29, 1.82) is 0 Å². The van der Waals surface area contributed by atoms with Gasteiger partial charge in [0.05, 0.1) is 34.4 Å². The van der Waals surface area contributed by atoms with Gasteiger partial charge in [-0.15, -0.1) is 0 Å². The first kappa shape index (κ1) is 33.0. The molecule has 0 rings (SSSR count). The molecule has 0 aliphatic heterocycles. The van der Waals surface area contributed by atoms with Gasteiger partial charge in [-0.1, -0.05) is 90.4 Å². The van der Waals surface area contributed by atoms with Gasteiger partial charge in [-0.05, 0) is 6.42 Å². The molecule has 0 aromatic rings. The van der Waals surface area contributed by atoms with E-state index in [1.165, 1.54) is 77.0 Å². The predicted octanol–water partition coefficient (Wildman–Crippen LogP) is 6.34. The molecule has 0 saturated carbocycles. The topological polar surface area (TPSA) is 74.2 Å². The minimum atomic E-state index is -4.08. The number of phosphoric acid groups is 1. The third kappa shape index (κ3) is 24.9. The molecule has 0 aromatic heterocycles. The molecule has 0 saturated heterocycles. The third-order valence-electron chi connectivity index (χ3n) is 5.64. The highest BCUT2D eigenvalue weighted by atomic mass is 31.2. The summed E-state index contributed by atoms with van der Waals surface area (Å²) < 4.78 is 33.8. The number of hydrogen-bond donors (Lipinski definition) is 1. The zero-order valence-corrected chi connectivity index (χ0v) is 23.3. The van der Waals surface area contributed by atoms with Crippen molar-refractivity contribution in [1.82, 2.24) is 0 Å². The van der Waals surface area contributed by atoms with Crippen molar-refractivity contribution < 1.29 is 32.5 Å². The molecule has 0 bridgehead atoms. The van der Waals surface area contributed by atoms with Crippen LogP contribution in [-0.2, 0) is 23.1 Å². The smallest absolute Gasteiger partial charge is 0.382 e. The normalized spacial score (nSPS) is 15.0. The number of methoxy groups -OCH3 is 1. The molecule has 0 aliphatic rings. The Balaban J connectivity index is 3.68. The number of ether oxygens (including phenoxy) is 2. The van der Waals surface area contributed by atoms with E-state index >= 15 is 0 Å². The lowest BCUT2D eigenvalue weighted by atomic mass is 10.0. The van der Waals surface area contributed by atoms with Gasteiger partial charge in [0.25, 0.3) is 0 Å². The fourth-order valence-corrected chi connectivity index (χ4v) is 4.26. The molecule has 0 heterocycles. The van der Waals surface area contributed by atoms with Crippen LogP contribution in [0, 0.1) is 0 Å². The number of likely N-dealkylation sites (N-methyl/N-ethyl adjacent to an activating group) is 1. The Morgan fingerprint density at radius 3 is 1.67 bits per heavy atom. The average molecular weight is 497 g/mol. The summed E-state index contributed by atoms with van der Waals surface area (Å²) in [5.74, 6) is 0. The lowest BCUT2D eigenvalue weighted by Gasteiger charge is -2.24. The van der Waals surface area contributed by atoms with Crippen molar-refractivity contribution in [2.75, 3.05) is 61.2 Å². The van der Waals surface area contributed by atoms with E-state index in [1.807, 2.05) is 21.1 Å². The van der Waals surface area contributed by atoms with E-state index < -0.39 is 7.82 Å². The second-order valence-electron chi connectivity index (χ2n) is 10.2. The molecule has 33 heavy (non-hydrogen) atoms. The van der Waals surface area contributed by atoms with Gasteiger partial charge in [-0.3, -0.25) is 9.05 Å². The van der Waals surface area contributed by atoms with Crippen molar-refractivity contribution >= 4 is 7.82 Å². The van der Waals surface area contributed by atoms with Gasteiger partial charge in [0.2, 0.25) is 0 Å². The Bertz CT molecular complexity index is 472. The summed E-state index contributed by atoms with van der Waals surface area (Å²) in [6.07, 6.45) is 18.1. The Hall–Kier alpha value is -0.0100. The first-order valence-electron chi connectivity index (χ1n) is 13.2. The molecule has 0 radical (unpaired) electrons. The first-order valence-corrected chi connectivity index (χ1v) is 14.7. The number of phosphoric ester groups is 1. The van der Waals surface area contributed by atoms with Gasteiger partial charge in [-0.25, -0.2) is 4.57 Å². The summed E-state index contributed by atoms with van der Waals surface area (Å²) >= 11 is 0. The highest BCUT2D eigenvalue weighted by Crippen LogP contribution is 2.43. The van der Waals surface area contributed by atoms with Gasteiger partial charge in [0, 0.05) is 13.7 Å². The molecule has 0 aliphatic carbocycles. The number of unbranched alkanes of at least 4 members (excludes halogenated alkanes) is 13. The van der Waals surface area contributed by atoms with E-state index in [4.69, 9.17) is 18.5 Å². The second kappa shape index (κ2) is 21.3. The zero-order chi connectivity index (χ0) is 24.8. The monoisotopic (exact) mass is 496 g/mol. The van der Waals surface area contributed by atoms with Gasteiger partial charge in [0.1, 0.15) is 19.3 Å². The van der Waals surface area contributed by atoms with Gasteiger partial charge in [-0.2, -0.15) is 0 Å². The van der Waals surface area contributed by atoms with Gasteiger partial charge < -0.3 is 18.9 Å². The quantitative estimate of drug-likeness (QED) is 0.0903. The Labute approximate surface area is 204 Å². The van der Waals surface area contributed by atoms with Gasteiger partial charge in [0.15, 0.2) is 0 Å². The van der Waals surface area contributed by atoms with Crippen LogP contribution in [0.25, 0.3) is 0 Å². The Kier molecular flexibility index (Phi) is 21.3. The molecule has 2 atom stereocenters. The Morgan fingerprint density at radius 2 is 1.21 bits per heavy atom. The van der Waals surface area contributed by atoms with Crippen molar-refractivity contribution in [3.63, 3.8) is 0 Å². The van der Waals surface area contributed by atoms with Crippen molar-refractivity contribution in [3.05, 3.63) is 0 Å². The molecule has 0 spiro atoms. The lowest BCUT2D eigenvalue weighted by molar-refractivity contribution is -0.870. The average Bonchev–Trinajstić information content (AvgIpc) is 2.73. The fraction of sp³-hybridized carbons (Fsp3) is 1.00. The van der Waals surface area contributed by atoms with Crippen LogP contribution in [0.2, 0.25) is 0 Å². The number of hydrogen-bond acceptors (Lipinski definition) is 5. The largest absolute Gasteiger partial charge is 0.472 e. The van der Waals surface area contributed by atoms with Crippen LogP contribution in [0.5, 0.6) is 0 Å². The predicted molar refractivity (Wildman–Crippen MR) is 137 cm³/mol. The van der Waals surface area contributed by atoms with Crippen LogP contribution in [-0.4, -0.2) is 76.7 Å². The molecule has 0 fully saturated rings. The molecule has 8 heteroatoms. The highest BCUT2D eigenvalue weighted by molar-refractivity contribution is 7.47. The van der Waals surface area contributed by atoms with Crippen LogP contribution in [0.3, 0.4) is 0 Å². The third-order valence-corrected chi connectivity index (χ3v) is 6.63. The highest BCUT2D eigenvalue weighted by Gasteiger charge is 2.24. The molecular weight excluding hydrogens is 441 g/mol. The number of nitrogens with zero attached hydrogens (tertiary/aromatic N) is 1. The summed E-state index contributed by atoms with van der Waals surface area (Å²) in [5.41, 5.74) is 0. The first-order chi connectivity index (χ1) is 15.7. The SMILES string of the molecule is CCCCCCCCCCCCCCCCO[C@H](COC)COP(=O)(O)OCC[N+](C)(C)C. The van der Waals surface area contributed by atoms with Crippen LogP contribution >= 0.6 is 7.82 Å². The standard InChI is InChI=1S/C25H54NO6P/c1-6-7-8-9-10-11-12-13-14-15-16-17-18-19-21-30-25(23-29-5)24-32-33(27,28)31-22-20-26(2,3)4/h25H,6-24H2,1-5H3/p+1/t25-/m1/s1. The maximum Gasteiger partial charge on any atom is 0.472 e. The van der Waals surface area contributed by atoms with Crippen LogP contribution < -0.4 is 0 Å². The summed E-state index contributed by atoms with van der Waals surface area (Å²) in [6.45, 7) is 3.94. The lowest BCUT2D eigenvalue weighted by Crippen LogP contribution is -2.37. The summed E-state index contributed by atoms with van der Waals surface area (Å²) in [5, 5.41) is 0. The number of quaternary nitrogens is 1. The van der Waals surface area contributed by atoms with Crippen LogP contribution in [0.15, 0.2) is 0 Å². The molecule has 1 unspecified atom stereocenters. The molecule has 1 N–H and O–H groups in total. The summed E-state index contributed by atoms with van der Waals surface area (Å²) in [6, 6.07) is 0. The van der Waals surface area contributed by atoms with E-state index in [1.54, 1.807) is 7.11 Å². The fourth-order valence-electron chi connectivity index (χ4n) is 3.52.